The van der Waals surface area contributed by atoms with Crippen molar-refractivity contribution in [2.75, 3.05) is 6.61 Å². The summed E-state index contributed by atoms with van der Waals surface area (Å²) in [5.74, 6) is 0.00921. The van der Waals surface area contributed by atoms with Crippen molar-refractivity contribution in [3.63, 3.8) is 0 Å². The van der Waals surface area contributed by atoms with Gasteiger partial charge in [-0.3, -0.25) is 0 Å². The first-order valence-electron chi connectivity index (χ1n) is 3.17. The highest BCUT2D eigenvalue weighted by Crippen LogP contribution is 2.07. The molecule has 8 heavy (non-hydrogen) atoms. The first-order chi connectivity index (χ1) is 3.81. The summed E-state index contributed by atoms with van der Waals surface area (Å²) >= 11 is 0. The molecule has 0 aromatic heterocycles. The van der Waals surface area contributed by atoms with E-state index >= 15 is 0 Å². The van der Waals surface area contributed by atoms with Crippen molar-refractivity contribution < 1.29 is 5.11 Å². The highest BCUT2D eigenvalue weighted by Gasteiger charge is 1.95. The Morgan fingerprint density at radius 3 is 2.62 bits per heavy atom. The molecule has 2 heteroatoms. The lowest BCUT2D eigenvalue weighted by molar-refractivity contribution is 0.283. The predicted octanol–water partition coefficient (Wildman–Crippen LogP) is 1.13. The van der Waals surface area contributed by atoms with Gasteiger partial charge < -0.3 is 5.11 Å². The molecule has 0 aromatic rings. The Kier molecular flexibility index (Phi) is 5.18. The molecule has 0 spiro atoms. The van der Waals surface area contributed by atoms with Crippen LogP contribution in [0.15, 0.2) is 0 Å². The minimum Gasteiger partial charge on any atom is -0.397 e. The molecule has 0 aliphatic carbocycles. The van der Waals surface area contributed by atoms with Crippen molar-refractivity contribution >= 4 is 7.85 Å². The molecule has 1 atom stereocenters. The van der Waals surface area contributed by atoms with Crippen LogP contribution in [0.1, 0.15) is 26.2 Å². The van der Waals surface area contributed by atoms with Gasteiger partial charge in [0.05, 0.1) is 7.85 Å². The average Bonchev–Trinajstić information content (AvgIpc) is 1.83. The van der Waals surface area contributed by atoms with E-state index in [0.29, 0.717) is 0 Å². The van der Waals surface area contributed by atoms with E-state index in [1.807, 2.05) is 0 Å². The predicted molar refractivity (Wildman–Crippen MR) is 36.1 cm³/mol. The van der Waals surface area contributed by atoms with E-state index in [2.05, 4.69) is 6.92 Å². The molecule has 1 nitrogen and oxygen atoms in total. The van der Waals surface area contributed by atoms with Gasteiger partial charge in [0.1, 0.15) is 0 Å². The molecule has 1 unspecified atom stereocenters. The van der Waals surface area contributed by atoms with Crippen LogP contribution in [-0.2, 0) is 0 Å². The molecular formula is C6H13BO. The Hall–Kier alpha value is 0.0249. The molecule has 0 rings (SSSR count). The van der Waals surface area contributed by atoms with Crippen LogP contribution in [0.2, 0.25) is 5.82 Å². The van der Waals surface area contributed by atoms with Crippen LogP contribution in [0.25, 0.3) is 0 Å². The van der Waals surface area contributed by atoms with Gasteiger partial charge in [0, 0.05) is 6.61 Å². The van der Waals surface area contributed by atoms with Gasteiger partial charge >= 0.3 is 0 Å². The van der Waals surface area contributed by atoms with Gasteiger partial charge in [0.15, 0.2) is 0 Å². The molecule has 0 aliphatic rings. The summed E-state index contributed by atoms with van der Waals surface area (Å²) in [6, 6.07) is 0. The summed E-state index contributed by atoms with van der Waals surface area (Å²) in [6.45, 7) is 2.24. The van der Waals surface area contributed by atoms with Gasteiger partial charge in [0.2, 0.25) is 0 Å². The number of unbranched alkanes of at least 4 members (excludes halogenated alkanes) is 1. The maximum absolute atomic E-state index is 8.44. The third-order valence-electron chi connectivity index (χ3n) is 1.16. The van der Waals surface area contributed by atoms with Crippen molar-refractivity contribution in [3.05, 3.63) is 0 Å². The van der Waals surface area contributed by atoms with Gasteiger partial charge in [-0.2, -0.15) is 0 Å². The van der Waals surface area contributed by atoms with Crippen molar-refractivity contribution in [2.24, 2.45) is 0 Å². The minimum absolute atomic E-state index is 0.00921. The van der Waals surface area contributed by atoms with Gasteiger partial charge in [-0.05, 0) is 0 Å². The summed E-state index contributed by atoms with van der Waals surface area (Å²) in [5.41, 5.74) is 0. The first-order valence-corrected chi connectivity index (χ1v) is 3.17. The molecule has 0 bridgehead atoms. The Morgan fingerprint density at radius 1 is 1.62 bits per heavy atom. The zero-order valence-corrected chi connectivity index (χ0v) is 5.43. The topological polar surface area (TPSA) is 20.2 Å². The van der Waals surface area contributed by atoms with Crippen LogP contribution in [0, 0.1) is 0 Å². The molecule has 2 radical (unpaired) electrons. The fourth-order valence-corrected chi connectivity index (χ4v) is 0.558. The number of aliphatic hydroxyl groups is 1. The molecule has 0 heterocycles. The number of aliphatic hydroxyl groups excluding tert-OH is 1. The number of rotatable bonds is 4. The smallest absolute Gasteiger partial charge is 0.0730 e. The van der Waals surface area contributed by atoms with Gasteiger partial charge in [-0.1, -0.05) is 32.0 Å². The third kappa shape index (κ3) is 4.19. The van der Waals surface area contributed by atoms with Crippen molar-refractivity contribution in [1.29, 1.82) is 0 Å². The Labute approximate surface area is 52.5 Å². The fraction of sp³-hybridized carbons (Fsp3) is 1.00. The lowest BCUT2D eigenvalue weighted by Gasteiger charge is -2.04. The third-order valence-corrected chi connectivity index (χ3v) is 1.16. The molecule has 0 saturated heterocycles. The van der Waals surface area contributed by atoms with Crippen LogP contribution < -0.4 is 0 Å². The minimum atomic E-state index is 0.00921. The van der Waals surface area contributed by atoms with E-state index in [9.17, 15) is 0 Å². The van der Waals surface area contributed by atoms with Crippen LogP contribution >= 0.6 is 0 Å². The highest BCUT2D eigenvalue weighted by molar-refractivity contribution is 6.11. The Morgan fingerprint density at radius 2 is 2.25 bits per heavy atom. The maximum atomic E-state index is 8.44. The second-order valence-corrected chi connectivity index (χ2v) is 2.08. The molecule has 0 aromatic carbocycles. The molecule has 0 amide bonds. The standard InChI is InChI=1S/C6H13BO/c1-2-3-4-6(7)5-8/h6,8H,2-5H2,1H3. The van der Waals surface area contributed by atoms with Crippen LogP contribution in [0.5, 0.6) is 0 Å². The monoisotopic (exact) mass is 112 g/mol. The van der Waals surface area contributed by atoms with Crippen molar-refractivity contribution in [1.82, 2.24) is 0 Å². The second-order valence-electron chi connectivity index (χ2n) is 2.08. The van der Waals surface area contributed by atoms with Crippen LogP contribution in [0.3, 0.4) is 0 Å². The normalized spacial score (nSPS) is 13.8. The summed E-state index contributed by atoms with van der Waals surface area (Å²) in [4.78, 5) is 0. The first kappa shape index (κ1) is 8.02. The highest BCUT2D eigenvalue weighted by atomic mass is 16.3. The largest absolute Gasteiger partial charge is 0.397 e. The number of hydrogen-bond donors (Lipinski definition) is 1. The Bertz CT molecular complexity index is 47.8. The SMILES string of the molecule is [B]C(CO)CCCC. The summed E-state index contributed by atoms with van der Waals surface area (Å²) in [5, 5.41) is 8.44. The lowest BCUT2D eigenvalue weighted by atomic mass is 9.84. The number of hydrogen-bond acceptors (Lipinski definition) is 1. The quantitative estimate of drug-likeness (QED) is 0.540. The van der Waals surface area contributed by atoms with E-state index in [1.54, 1.807) is 0 Å². The summed E-state index contributed by atoms with van der Waals surface area (Å²) in [6.07, 6.45) is 3.24. The fourth-order valence-electron chi connectivity index (χ4n) is 0.558. The van der Waals surface area contributed by atoms with Gasteiger partial charge in [0.25, 0.3) is 0 Å². The van der Waals surface area contributed by atoms with Crippen LogP contribution in [-0.4, -0.2) is 19.6 Å². The zero-order valence-electron chi connectivity index (χ0n) is 5.43. The van der Waals surface area contributed by atoms with E-state index in [0.717, 1.165) is 19.3 Å². The maximum Gasteiger partial charge on any atom is 0.0730 e. The van der Waals surface area contributed by atoms with E-state index < -0.39 is 0 Å². The van der Waals surface area contributed by atoms with E-state index in [4.69, 9.17) is 13.0 Å². The molecule has 46 valence electrons. The van der Waals surface area contributed by atoms with Crippen LogP contribution in [0.4, 0.5) is 0 Å². The second kappa shape index (κ2) is 5.17. The van der Waals surface area contributed by atoms with E-state index in [1.165, 1.54) is 0 Å². The van der Waals surface area contributed by atoms with Gasteiger partial charge in [-0.15, -0.1) is 0 Å². The summed E-state index contributed by atoms with van der Waals surface area (Å²) in [7, 11) is 5.41. The van der Waals surface area contributed by atoms with Crippen molar-refractivity contribution in [2.45, 2.75) is 32.0 Å². The Balaban J connectivity index is 2.86. The molecular weight excluding hydrogens is 98.9 g/mol. The van der Waals surface area contributed by atoms with Gasteiger partial charge in [-0.25, -0.2) is 0 Å². The van der Waals surface area contributed by atoms with E-state index in [-0.39, 0.29) is 12.4 Å². The van der Waals surface area contributed by atoms with Crippen molar-refractivity contribution in [3.8, 4) is 0 Å². The molecule has 0 fully saturated rings. The molecule has 0 saturated carbocycles. The molecule has 1 N–H and O–H groups in total. The lowest BCUT2D eigenvalue weighted by Crippen LogP contribution is -1.97. The molecule has 0 aliphatic heterocycles. The average molecular weight is 112 g/mol. The zero-order chi connectivity index (χ0) is 6.41. The summed E-state index contributed by atoms with van der Waals surface area (Å²) < 4.78 is 0.